The molecule has 0 spiro atoms. The Morgan fingerprint density at radius 3 is 2.12 bits per heavy atom. The summed E-state index contributed by atoms with van der Waals surface area (Å²) >= 11 is 0. The maximum atomic E-state index is 10.3. The van der Waals surface area contributed by atoms with Gasteiger partial charge in [0.1, 0.15) is 0 Å². The van der Waals surface area contributed by atoms with Crippen LogP contribution in [0.3, 0.4) is 0 Å². The van der Waals surface area contributed by atoms with Crippen molar-refractivity contribution < 1.29 is 6.22 Å². The molecule has 0 heterocycles. The molecule has 0 bridgehead atoms. The molecule has 0 aromatic rings. The van der Waals surface area contributed by atoms with E-state index < -0.39 is 0 Å². The van der Waals surface area contributed by atoms with Crippen molar-refractivity contribution in [2.45, 2.75) is 13.0 Å². The number of rotatable bonds is 2. The van der Waals surface area contributed by atoms with Crippen molar-refractivity contribution >= 4 is 5.91 Å². The molecule has 3 nitrogen and oxygen atoms in total. The minimum absolute atomic E-state index is 0. The SMILES string of the molecule is C[C@@H](C(N)=O)N(C)C.[HH]. The van der Waals surface area contributed by atoms with Gasteiger partial charge in [-0.1, -0.05) is 0 Å². The first-order valence-corrected chi connectivity index (χ1v) is 2.51. The molecule has 1 atom stereocenters. The summed E-state index contributed by atoms with van der Waals surface area (Å²) in [5.74, 6) is -0.282. The molecule has 0 saturated heterocycles. The molecule has 3 heteroatoms. The predicted octanol–water partition coefficient (Wildman–Crippen LogP) is -0.332. The van der Waals surface area contributed by atoms with Gasteiger partial charge in [0.15, 0.2) is 0 Å². The maximum absolute atomic E-state index is 10.3. The molecule has 0 radical (unpaired) electrons. The molecule has 0 aliphatic carbocycles. The Kier molecular flexibility index (Phi) is 2.48. The van der Waals surface area contributed by atoms with Crippen molar-refractivity contribution in [3.05, 3.63) is 0 Å². The van der Waals surface area contributed by atoms with E-state index in [9.17, 15) is 4.79 Å². The van der Waals surface area contributed by atoms with Crippen LogP contribution in [-0.4, -0.2) is 30.9 Å². The van der Waals surface area contributed by atoms with E-state index in [1.807, 2.05) is 14.1 Å². The second-order valence-corrected chi connectivity index (χ2v) is 2.04. The van der Waals surface area contributed by atoms with Gasteiger partial charge in [0.05, 0.1) is 6.04 Å². The monoisotopic (exact) mass is 118 g/mol. The number of primary amides is 1. The quantitative estimate of drug-likeness (QED) is 0.539. The van der Waals surface area contributed by atoms with E-state index in [0.717, 1.165) is 0 Å². The van der Waals surface area contributed by atoms with Crippen molar-refractivity contribution in [2.75, 3.05) is 14.1 Å². The van der Waals surface area contributed by atoms with E-state index in [1.54, 1.807) is 11.8 Å². The number of nitrogens with zero attached hydrogens (tertiary/aromatic N) is 1. The predicted molar refractivity (Wildman–Crippen MR) is 34.5 cm³/mol. The van der Waals surface area contributed by atoms with Crippen LogP contribution in [0.15, 0.2) is 0 Å². The van der Waals surface area contributed by atoms with Crippen LogP contribution >= 0.6 is 0 Å². The highest BCUT2D eigenvalue weighted by Gasteiger charge is 2.08. The molecule has 0 aliphatic heterocycles. The summed E-state index contributed by atoms with van der Waals surface area (Å²) in [6.07, 6.45) is 0. The van der Waals surface area contributed by atoms with E-state index >= 15 is 0 Å². The fourth-order valence-corrected chi connectivity index (χ4v) is 0.254. The second kappa shape index (κ2) is 2.67. The van der Waals surface area contributed by atoms with Crippen LogP contribution in [0.5, 0.6) is 0 Å². The number of hydrogen-bond acceptors (Lipinski definition) is 2. The molecule has 0 rings (SSSR count). The minimum Gasteiger partial charge on any atom is -0.368 e. The summed E-state index contributed by atoms with van der Waals surface area (Å²) < 4.78 is 0. The highest BCUT2D eigenvalue weighted by molar-refractivity contribution is 5.79. The smallest absolute Gasteiger partial charge is 0.234 e. The van der Waals surface area contributed by atoms with E-state index in [-0.39, 0.29) is 13.4 Å². The Morgan fingerprint density at radius 2 is 2.12 bits per heavy atom. The fraction of sp³-hybridized carbons (Fsp3) is 0.800. The summed E-state index contributed by atoms with van der Waals surface area (Å²) in [7, 11) is 3.63. The molecule has 0 aliphatic rings. The maximum Gasteiger partial charge on any atom is 0.234 e. The van der Waals surface area contributed by atoms with Crippen molar-refractivity contribution in [1.82, 2.24) is 4.90 Å². The molecule has 0 aromatic carbocycles. The third-order valence-corrected chi connectivity index (χ3v) is 1.19. The first kappa shape index (κ1) is 7.43. The normalized spacial score (nSPS) is 14.0. The van der Waals surface area contributed by atoms with Crippen molar-refractivity contribution in [3.8, 4) is 0 Å². The first-order chi connectivity index (χ1) is 3.55. The number of carbonyl (C=O) groups excluding carboxylic acids is 1. The summed E-state index contributed by atoms with van der Waals surface area (Å²) in [5.41, 5.74) is 4.96. The molecule has 1 amide bonds. The van der Waals surface area contributed by atoms with Crippen molar-refractivity contribution in [3.63, 3.8) is 0 Å². The van der Waals surface area contributed by atoms with E-state index in [4.69, 9.17) is 5.73 Å². The van der Waals surface area contributed by atoms with Gasteiger partial charge >= 0.3 is 0 Å². The summed E-state index contributed by atoms with van der Waals surface area (Å²) in [4.78, 5) is 12.1. The van der Waals surface area contributed by atoms with Crippen LogP contribution in [0.4, 0.5) is 0 Å². The molecule has 8 heavy (non-hydrogen) atoms. The lowest BCUT2D eigenvalue weighted by Gasteiger charge is -2.14. The van der Waals surface area contributed by atoms with Crippen molar-refractivity contribution in [2.24, 2.45) is 5.73 Å². The Balaban J connectivity index is 0. The molecule has 0 saturated carbocycles. The number of likely N-dealkylation sites (N-methyl/N-ethyl adjacent to an activating group) is 1. The van der Waals surface area contributed by atoms with E-state index in [2.05, 4.69) is 0 Å². The van der Waals surface area contributed by atoms with Gasteiger partial charge in [-0.25, -0.2) is 0 Å². The third-order valence-electron chi connectivity index (χ3n) is 1.19. The average Bonchev–Trinajstić information content (AvgIpc) is 1.64. The third kappa shape index (κ3) is 1.93. The van der Waals surface area contributed by atoms with Gasteiger partial charge in [0.25, 0.3) is 0 Å². The van der Waals surface area contributed by atoms with Crippen LogP contribution in [0, 0.1) is 0 Å². The zero-order chi connectivity index (χ0) is 6.73. The largest absolute Gasteiger partial charge is 0.368 e. The lowest BCUT2D eigenvalue weighted by Crippen LogP contribution is -2.37. The molecule has 0 fully saturated rings. The van der Waals surface area contributed by atoms with Crippen LogP contribution in [0.2, 0.25) is 0 Å². The van der Waals surface area contributed by atoms with Crippen molar-refractivity contribution in [1.29, 1.82) is 0 Å². The van der Waals surface area contributed by atoms with E-state index in [1.165, 1.54) is 0 Å². The van der Waals surface area contributed by atoms with Gasteiger partial charge in [-0.05, 0) is 21.0 Å². The van der Waals surface area contributed by atoms with Crippen LogP contribution in [0.25, 0.3) is 0 Å². The second-order valence-electron chi connectivity index (χ2n) is 2.04. The zero-order valence-corrected chi connectivity index (χ0v) is 5.51. The number of hydrogen-bond donors (Lipinski definition) is 1. The molecule has 2 N–H and O–H groups in total. The molecule has 0 aromatic heterocycles. The Bertz CT molecular complexity index is 95.0. The van der Waals surface area contributed by atoms with Crippen LogP contribution in [0.1, 0.15) is 8.35 Å². The number of carbonyl (C=O) groups is 1. The van der Waals surface area contributed by atoms with Gasteiger partial charge in [-0.3, -0.25) is 9.69 Å². The molecular weight excluding hydrogens is 104 g/mol. The summed E-state index contributed by atoms with van der Waals surface area (Å²) in [6, 6.07) is -0.157. The minimum atomic E-state index is -0.282. The van der Waals surface area contributed by atoms with Gasteiger partial charge in [0, 0.05) is 1.43 Å². The van der Waals surface area contributed by atoms with Gasteiger partial charge < -0.3 is 5.73 Å². The standard InChI is InChI=1S/C5H12N2O.H2/c1-4(5(6)8)7(2)3;/h4H,1-3H3,(H2,6,8);1H/t4-;/m0./s1. The van der Waals surface area contributed by atoms with Gasteiger partial charge in [-0.2, -0.15) is 0 Å². The lowest BCUT2D eigenvalue weighted by molar-refractivity contribution is -0.121. The fourth-order valence-electron chi connectivity index (χ4n) is 0.254. The van der Waals surface area contributed by atoms with Gasteiger partial charge in [-0.15, -0.1) is 0 Å². The van der Waals surface area contributed by atoms with Crippen LogP contribution in [-0.2, 0) is 4.79 Å². The van der Waals surface area contributed by atoms with E-state index in [0.29, 0.717) is 0 Å². The molecular formula is C5H14N2O. The summed E-state index contributed by atoms with van der Waals surface area (Å²) in [6.45, 7) is 1.77. The van der Waals surface area contributed by atoms with Crippen LogP contribution < -0.4 is 5.73 Å². The highest BCUT2D eigenvalue weighted by atomic mass is 16.1. The number of nitrogens with two attached hydrogens (primary N) is 1. The Morgan fingerprint density at radius 1 is 1.75 bits per heavy atom. The van der Waals surface area contributed by atoms with Gasteiger partial charge in [0.2, 0.25) is 5.91 Å². The molecule has 50 valence electrons. The average molecular weight is 118 g/mol. The molecule has 0 unspecified atom stereocenters. The number of amides is 1. The summed E-state index contributed by atoms with van der Waals surface area (Å²) in [5, 5.41) is 0. The Hall–Kier alpha value is -0.570. The lowest BCUT2D eigenvalue weighted by atomic mass is 10.3. The highest BCUT2D eigenvalue weighted by Crippen LogP contribution is 1.86. The topological polar surface area (TPSA) is 46.3 Å². The Labute approximate surface area is 50.9 Å². The first-order valence-electron chi connectivity index (χ1n) is 2.51. The zero-order valence-electron chi connectivity index (χ0n) is 5.51.